The molecule has 4 rings (SSSR count). The van der Waals surface area contributed by atoms with E-state index in [9.17, 15) is 29.1 Å². The molecule has 48 heavy (non-hydrogen) atoms. The predicted molar refractivity (Wildman–Crippen MR) is 179 cm³/mol. The van der Waals surface area contributed by atoms with E-state index in [-0.39, 0.29) is 25.0 Å². The topological polar surface area (TPSA) is 234 Å². The number of benzene rings is 3. The molecule has 11 N–H and O–H groups in total. The molecule has 14 heteroatoms. The minimum Gasteiger partial charge on any atom is -0.508 e. The first-order chi connectivity index (χ1) is 23.0. The van der Waals surface area contributed by atoms with Crippen LogP contribution in [0.25, 0.3) is 10.9 Å². The van der Waals surface area contributed by atoms with Crippen molar-refractivity contribution in [2.75, 3.05) is 6.54 Å². The number of fused-ring (bicyclic) bond motifs is 1. The Morgan fingerprint density at radius 1 is 0.708 bits per heavy atom. The summed E-state index contributed by atoms with van der Waals surface area (Å²) in [5.41, 5.74) is 20.0. The van der Waals surface area contributed by atoms with Gasteiger partial charge in [-0.1, -0.05) is 60.7 Å². The molecule has 0 saturated carbocycles. The third-order valence-corrected chi connectivity index (χ3v) is 7.60. The van der Waals surface area contributed by atoms with Crippen LogP contribution >= 0.6 is 0 Å². The van der Waals surface area contributed by atoms with Crippen LogP contribution in [0.2, 0.25) is 0 Å². The first kappa shape index (κ1) is 35.1. The maximum absolute atomic E-state index is 13.1. The normalized spacial score (nSPS) is 13.4. The summed E-state index contributed by atoms with van der Waals surface area (Å²) >= 11 is 0. The molecular weight excluding hydrogens is 616 g/mol. The van der Waals surface area contributed by atoms with Crippen molar-refractivity contribution in [1.82, 2.24) is 31.8 Å². The highest BCUT2D eigenvalue weighted by Gasteiger charge is 2.25. The number of aromatic amines is 1. The minimum atomic E-state index is -1.11. The smallest absolute Gasteiger partial charge is 0.261 e. The molecule has 14 nitrogen and oxygen atoms in total. The number of aromatic hydroxyl groups is 1. The quantitative estimate of drug-likeness (QED) is 0.0824. The first-order valence-electron chi connectivity index (χ1n) is 15.3. The summed E-state index contributed by atoms with van der Waals surface area (Å²) in [5.74, 6) is -3.13. The fourth-order valence-corrected chi connectivity index (χ4v) is 4.92. The van der Waals surface area contributed by atoms with Gasteiger partial charge in [-0.3, -0.25) is 34.8 Å². The number of para-hydroxylation sites is 1. The molecule has 0 aliphatic heterocycles. The summed E-state index contributed by atoms with van der Waals surface area (Å²) in [4.78, 5) is 67.0. The van der Waals surface area contributed by atoms with Gasteiger partial charge < -0.3 is 37.5 Å². The fraction of sp³-hybridized carbons (Fsp3) is 0.265. The van der Waals surface area contributed by atoms with Crippen LogP contribution in [-0.2, 0) is 43.2 Å². The molecule has 0 radical (unpaired) electrons. The molecule has 0 unspecified atom stereocenters. The number of carbonyl (C=O) groups is 5. The zero-order valence-corrected chi connectivity index (χ0v) is 26.4. The minimum absolute atomic E-state index is 0.0859. The zero-order valence-electron chi connectivity index (χ0n) is 26.4. The van der Waals surface area contributed by atoms with Gasteiger partial charge in [0.05, 0.1) is 18.6 Å². The van der Waals surface area contributed by atoms with E-state index in [1.54, 1.807) is 42.6 Å². The average Bonchev–Trinajstić information content (AvgIpc) is 3.49. The Balaban J connectivity index is 1.27. The van der Waals surface area contributed by atoms with Crippen LogP contribution in [0.1, 0.15) is 23.6 Å². The molecular formula is C34H40N8O6. The lowest BCUT2D eigenvalue weighted by Gasteiger charge is -2.21. The third-order valence-electron chi connectivity index (χ3n) is 7.60. The van der Waals surface area contributed by atoms with Gasteiger partial charge >= 0.3 is 0 Å². The molecule has 0 aliphatic carbocycles. The number of carbonyl (C=O) groups excluding carboxylic acids is 5. The van der Waals surface area contributed by atoms with Gasteiger partial charge in [0, 0.05) is 23.5 Å². The van der Waals surface area contributed by atoms with Gasteiger partial charge in [0.2, 0.25) is 17.7 Å². The average molecular weight is 657 g/mol. The number of rotatable bonds is 14. The molecule has 3 aromatic carbocycles. The van der Waals surface area contributed by atoms with Crippen LogP contribution in [0.15, 0.2) is 85.1 Å². The van der Waals surface area contributed by atoms with Crippen LogP contribution in [0, 0.1) is 0 Å². The van der Waals surface area contributed by atoms with Crippen molar-refractivity contribution < 1.29 is 29.1 Å². The number of phenols is 1. The Morgan fingerprint density at radius 3 is 2.06 bits per heavy atom. The van der Waals surface area contributed by atoms with Gasteiger partial charge in [-0.2, -0.15) is 0 Å². The van der Waals surface area contributed by atoms with Crippen molar-refractivity contribution in [3.8, 4) is 5.75 Å². The molecule has 0 bridgehead atoms. The number of amides is 5. The molecule has 1 aromatic heterocycles. The summed E-state index contributed by atoms with van der Waals surface area (Å²) in [5, 5.41) is 17.9. The number of hydrazine groups is 1. The van der Waals surface area contributed by atoms with Crippen molar-refractivity contribution in [2.24, 2.45) is 11.5 Å². The van der Waals surface area contributed by atoms with Gasteiger partial charge in [-0.05, 0) is 54.7 Å². The van der Waals surface area contributed by atoms with Gasteiger partial charge in [0.15, 0.2) is 0 Å². The van der Waals surface area contributed by atoms with Crippen molar-refractivity contribution in [3.63, 3.8) is 0 Å². The Hall–Kier alpha value is -5.73. The molecule has 0 spiro atoms. The van der Waals surface area contributed by atoms with E-state index in [1.165, 1.54) is 19.1 Å². The van der Waals surface area contributed by atoms with Crippen molar-refractivity contribution in [3.05, 3.63) is 102 Å². The molecule has 0 saturated heterocycles. The van der Waals surface area contributed by atoms with Gasteiger partial charge in [0.25, 0.3) is 11.8 Å². The highest BCUT2D eigenvalue weighted by Crippen LogP contribution is 2.18. The van der Waals surface area contributed by atoms with E-state index in [1.807, 2.05) is 30.3 Å². The number of phenolic OH excluding ortho intramolecular Hbond substituents is 1. The standard InChI is InChI=1S/C34H40N8O6/c1-20(39-32(46)26(35)15-22-11-13-24(43)14-12-22)31(45)38-19-30(44)40-29(16-21-7-3-2-4-8-21)34(48)42-41-33(47)27(36)17-23-18-37-28-10-6-5-9-25(23)28/h2-14,18,20,26-27,29,37,43H,15-17,19,35-36H2,1H3,(H,38,45)(H,39,46)(H,40,44)(H,41,47)(H,42,48)/t20-,26+,27-,29+/m1/s1. The number of hydrogen-bond acceptors (Lipinski definition) is 8. The monoisotopic (exact) mass is 656 g/mol. The van der Waals surface area contributed by atoms with Crippen LogP contribution in [0.3, 0.4) is 0 Å². The van der Waals surface area contributed by atoms with Gasteiger partial charge in [-0.25, -0.2) is 0 Å². The Morgan fingerprint density at radius 2 is 1.33 bits per heavy atom. The van der Waals surface area contributed by atoms with Crippen LogP contribution in [0.5, 0.6) is 5.75 Å². The molecule has 252 valence electrons. The van der Waals surface area contributed by atoms with E-state index in [0.717, 1.165) is 27.6 Å². The van der Waals surface area contributed by atoms with E-state index in [2.05, 4.69) is 31.8 Å². The Bertz CT molecular complexity index is 1730. The number of nitrogens with one attached hydrogen (secondary N) is 6. The first-order valence-corrected chi connectivity index (χ1v) is 15.3. The van der Waals surface area contributed by atoms with E-state index in [4.69, 9.17) is 11.5 Å². The number of H-pyrrole nitrogens is 1. The van der Waals surface area contributed by atoms with Gasteiger partial charge in [0.1, 0.15) is 17.8 Å². The van der Waals surface area contributed by atoms with Gasteiger partial charge in [-0.15, -0.1) is 0 Å². The second-order valence-electron chi connectivity index (χ2n) is 11.4. The zero-order chi connectivity index (χ0) is 34.6. The molecule has 0 fully saturated rings. The van der Waals surface area contributed by atoms with Crippen molar-refractivity contribution in [1.29, 1.82) is 0 Å². The Kier molecular flexibility index (Phi) is 12.2. The Labute approximate surface area is 277 Å². The lowest BCUT2D eigenvalue weighted by molar-refractivity contribution is -0.133. The van der Waals surface area contributed by atoms with E-state index in [0.29, 0.717) is 0 Å². The lowest BCUT2D eigenvalue weighted by atomic mass is 10.0. The largest absolute Gasteiger partial charge is 0.508 e. The molecule has 0 aliphatic rings. The van der Waals surface area contributed by atoms with Crippen molar-refractivity contribution in [2.45, 2.75) is 50.4 Å². The second-order valence-corrected chi connectivity index (χ2v) is 11.4. The lowest BCUT2D eigenvalue weighted by Crippen LogP contribution is -2.57. The second kappa shape index (κ2) is 16.7. The summed E-state index contributed by atoms with van der Waals surface area (Å²) in [6.45, 7) is 0.953. The van der Waals surface area contributed by atoms with Crippen LogP contribution < -0.4 is 38.3 Å². The highest BCUT2D eigenvalue weighted by molar-refractivity contribution is 5.94. The maximum Gasteiger partial charge on any atom is 0.261 e. The highest BCUT2D eigenvalue weighted by atomic mass is 16.3. The van der Waals surface area contributed by atoms with Crippen molar-refractivity contribution >= 4 is 40.4 Å². The van der Waals surface area contributed by atoms with E-state index < -0.39 is 60.2 Å². The molecule has 4 atom stereocenters. The summed E-state index contributed by atoms with van der Waals surface area (Å²) < 4.78 is 0. The molecule has 1 heterocycles. The summed E-state index contributed by atoms with van der Waals surface area (Å²) in [6, 6.07) is 18.7. The molecule has 4 aromatic rings. The third kappa shape index (κ3) is 10.1. The van der Waals surface area contributed by atoms with Crippen LogP contribution in [-0.4, -0.2) is 70.3 Å². The summed E-state index contributed by atoms with van der Waals surface area (Å²) in [6.07, 6.45) is 2.28. The number of aromatic nitrogens is 1. The maximum atomic E-state index is 13.1. The number of hydrogen-bond donors (Lipinski definition) is 9. The predicted octanol–water partition coefficient (Wildman–Crippen LogP) is -0.191. The molecule has 5 amide bonds. The van der Waals surface area contributed by atoms with E-state index >= 15 is 0 Å². The SMILES string of the molecule is C[C@@H](NC(=O)[C@@H](N)Cc1ccc(O)cc1)C(=O)NCC(=O)N[C@@H](Cc1ccccc1)C(=O)NNC(=O)[C@H](N)Cc1c[nH]c2ccccc12. The number of nitrogens with two attached hydrogens (primary N) is 2. The van der Waals surface area contributed by atoms with Crippen LogP contribution in [0.4, 0.5) is 0 Å². The fourth-order valence-electron chi connectivity index (χ4n) is 4.92. The summed E-state index contributed by atoms with van der Waals surface area (Å²) in [7, 11) is 0.